The van der Waals surface area contributed by atoms with Gasteiger partial charge in [0.1, 0.15) is 0 Å². The summed E-state index contributed by atoms with van der Waals surface area (Å²) in [5, 5.41) is 5.37. The lowest BCUT2D eigenvalue weighted by molar-refractivity contribution is 0.0998. The molecule has 4 aromatic rings. The van der Waals surface area contributed by atoms with Gasteiger partial charge in [0, 0.05) is 46.8 Å². The molecule has 0 fully saturated rings. The van der Waals surface area contributed by atoms with Crippen LogP contribution in [0.15, 0.2) is 53.1 Å². The van der Waals surface area contributed by atoms with Crippen LogP contribution in [-0.2, 0) is 6.54 Å². The normalized spacial score (nSPS) is 11.6. The number of para-hydroxylation sites is 1. The SMILES string of the molecule is Cc1c(C(=O)Nc2ccc3c(ccn3CCN(C)C)c2)oc2c(Cl)cccc12. The molecule has 0 aliphatic rings. The van der Waals surface area contributed by atoms with Gasteiger partial charge in [-0.15, -0.1) is 0 Å². The minimum Gasteiger partial charge on any atom is -0.449 e. The Kier molecular flexibility index (Phi) is 4.87. The van der Waals surface area contributed by atoms with Gasteiger partial charge in [-0.3, -0.25) is 4.79 Å². The van der Waals surface area contributed by atoms with E-state index in [1.165, 1.54) is 0 Å². The molecule has 6 heteroatoms. The Hall–Kier alpha value is -2.76. The molecule has 2 heterocycles. The summed E-state index contributed by atoms with van der Waals surface area (Å²) in [5.74, 6) is 0.00269. The van der Waals surface area contributed by atoms with E-state index in [1.54, 1.807) is 6.07 Å². The second-order valence-electron chi connectivity index (χ2n) is 7.21. The Morgan fingerprint density at radius 2 is 2.04 bits per heavy atom. The van der Waals surface area contributed by atoms with Gasteiger partial charge in [0.2, 0.25) is 0 Å². The summed E-state index contributed by atoms with van der Waals surface area (Å²) in [4.78, 5) is 14.9. The van der Waals surface area contributed by atoms with Crippen LogP contribution < -0.4 is 5.32 Å². The number of hydrogen-bond acceptors (Lipinski definition) is 3. The molecule has 28 heavy (non-hydrogen) atoms. The van der Waals surface area contributed by atoms with Crippen LogP contribution in [0.4, 0.5) is 5.69 Å². The predicted octanol–water partition coefficient (Wildman–Crippen LogP) is 5.16. The zero-order valence-electron chi connectivity index (χ0n) is 16.1. The van der Waals surface area contributed by atoms with E-state index >= 15 is 0 Å². The zero-order valence-corrected chi connectivity index (χ0v) is 16.9. The average Bonchev–Trinajstić information content (AvgIpc) is 3.22. The maximum absolute atomic E-state index is 12.8. The van der Waals surface area contributed by atoms with Crippen molar-refractivity contribution in [1.29, 1.82) is 0 Å². The average molecular weight is 396 g/mol. The molecule has 0 saturated heterocycles. The monoisotopic (exact) mass is 395 g/mol. The number of nitrogens with one attached hydrogen (secondary N) is 1. The van der Waals surface area contributed by atoms with Crippen molar-refractivity contribution >= 4 is 45.1 Å². The van der Waals surface area contributed by atoms with Crippen molar-refractivity contribution in [2.75, 3.05) is 26.0 Å². The lowest BCUT2D eigenvalue weighted by Crippen LogP contribution is -2.17. The van der Waals surface area contributed by atoms with E-state index in [4.69, 9.17) is 16.0 Å². The predicted molar refractivity (Wildman–Crippen MR) is 114 cm³/mol. The number of likely N-dealkylation sites (N-methyl/N-ethyl adjacent to an activating group) is 1. The van der Waals surface area contributed by atoms with Gasteiger partial charge >= 0.3 is 0 Å². The molecule has 1 amide bonds. The van der Waals surface area contributed by atoms with Crippen LogP contribution in [0.3, 0.4) is 0 Å². The molecule has 5 nitrogen and oxygen atoms in total. The maximum atomic E-state index is 12.8. The summed E-state index contributed by atoms with van der Waals surface area (Å²) in [7, 11) is 4.12. The van der Waals surface area contributed by atoms with Gasteiger partial charge in [-0.2, -0.15) is 0 Å². The highest BCUT2D eigenvalue weighted by molar-refractivity contribution is 6.35. The van der Waals surface area contributed by atoms with E-state index in [0.29, 0.717) is 10.6 Å². The maximum Gasteiger partial charge on any atom is 0.291 e. The molecule has 0 atom stereocenters. The van der Waals surface area contributed by atoms with E-state index < -0.39 is 0 Å². The highest BCUT2D eigenvalue weighted by atomic mass is 35.5. The zero-order chi connectivity index (χ0) is 19.8. The molecule has 0 aliphatic carbocycles. The first-order chi connectivity index (χ1) is 13.4. The third-order valence-electron chi connectivity index (χ3n) is 4.94. The number of carbonyl (C=O) groups excluding carboxylic acids is 1. The number of anilines is 1. The van der Waals surface area contributed by atoms with E-state index in [9.17, 15) is 4.79 Å². The van der Waals surface area contributed by atoms with Crippen LogP contribution in [0.5, 0.6) is 0 Å². The first-order valence-electron chi connectivity index (χ1n) is 9.16. The Labute approximate surface area is 168 Å². The Morgan fingerprint density at radius 1 is 1.21 bits per heavy atom. The molecule has 0 spiro atoms. The number of amides is 1. The molecular formula is C22H22ClN3O2. The molecule has 1 N–H and O–H groups in total. The smallest absolute Gasteiger partial charge is 0.291 e. The lowest BCUT2D eigenvalue weighted by Gasteiger charge is -2.11. The van der Waals surface area contributed by atoms with Crippen LogP contribution in [0.1, 0.15) is 16.1 Å². The Balaban J connectivity index is 1.59. The highest BCUT2D eigenvalue weighted by Crippen LogP contribution is 2.31. The number of aryl methyl sites for hydroxylation is 1. The fourth-order valence-corrected chi connectivity index (χ4v) is 3.61. The van der Waals surface area contributed by atoms with Gasteiger partial charge in [0.05, 0.1) is 5.02 Å². The van der Waals surface area contributed by atoms with Crippen LogP contribution in [-0.4, -0.2) is 36.0 Å². The summed E-state index contributed by atoms with van der Waals surface area (Å²) >= 11 is 6.19. The number of hydrogen-bond donors (Lipinski definition) is 1. The van der Waals surface area contributed by atoms with Crippen LogP contribution >= 0.6 is 11.6 Å². The quantitative estimate of drug-likeness (QED) is 0.507. The van der Waals surface area contributed by atoms with Crippen molar-refractivity contribution in [3.8, 4) is 0 Å². The standard InChI is InChI=1S/C22H22ClN3O2/c1-14-17-5-4-6-18(23)21(17)28-20(14)22(27)24-16-7-8-19-15(13-16)9-10-26(19)12-11-25(2)3/h4-10,13H,11-12H2,1-3H3,(H,24,27). The van der Waals surface area contributed by atoms with Gasteiger partial charge in [0.15, 0.2) is 11.3 Å². The van der Waals surface area contributed by atoms with Crippen molar-refractivity contribution in [2.45, 2.75) is 13.5 Å². The molecule has 0 saturated carbocycles. The number of halogens is 1. The molecule has 2 aromatic heterocycles. The van der Waals surface area contributed by atoms with E-state index in [1.807, 2.05) is 37.3 Å². The van der Waals surface area contributed by atoms with Crippen molar-refractivity contribution < 1.29 is 9.21 Å². The van der Waals surface area contributed by atoms with Gasteiger partial charge in [0.25, 0.3) is 5.91 Å². The van der Waals surface area contributed by atoms with Crippen molar-refractivity contribution in [2.24, 2.45) is 0 Å². The van der Waals surface area contributed by atoms with Crippen molar-refractivity contribution in [3.05, 3.63) is 65.0 Å². The lowest BCUT2D eigenvalue weighted by atomic mass is 10.1. The molecule has 2 aromatic carbocycles. The summed E-state index contributed by atoms with van der Waals surface area (Å²) in [6.07, 6.45) is 2.07. The Bertz CT molecular complexity index is 1170. The van der Waals surface area contributed by atoms with Gasteiger partial charge in [-0.1, -0.05) is 23.7 Å². The highest BCUT2D eigenvalue weighted by Gasteiger charge is 2.19. The van der Waals surface area contributed by atoms with Crippen LogP contribution in [0.25, 0.3) is 21.9 Å². The van der Waals surface area contributed by atoms with Gasteiger partial charge in [-0.25, -0.2) is 0 Å². The first-order valence-corrected chi connectivity index (χ1v) is 9.54. The number of furan rings is 1. The largest absolute Gasteiger partial charge is 0.449 e. The number of carbonyl (C=O) groups is 1. The third-order valence-corrected chi connectivity index (χ3v) is 5.24. The number of fused-ring (bicyclic) bond motifs is 2. The third kappa shape index (κ3) is 3.39. The van der Waals surface area contributed by atoms with E-state index in [-0.39, 0.29) is 11.7 Å². The second-order valence-corrected chi connectivity index (χ2v) is 7.62. The van der Waals surface area contributed by atoms with E-state index in [2.05, 4.69) is 41.1 Å². The number of benzene rings is 2. The van der Waals surface area contributed by atoms with Crippen LogP contribution in [0, 0.1) is 6.92 Å². The number of rotatable bonds is 5. The fraction of sp³-hybridized carbons (Fsp3) is 0.227. The molecule has 0 unspecified atom stereocenters. The molecule has 0 radical (unpaired) electrons. The van der Waals surface area contributed by atoms with Crippen molar-refractivity contribution in [1.82, 2.24) is 9.47 Å². The second kappa shape index (κ2) is 7.34. The fourth-order valence-electron chi connectivity index (χ4n) is 3.39. The van der Waals surface area contributed by atoms with Crippen molar-refractivity contribution in [3.63, 3.8) is 0 Å². The molecule has 144 valence electrons. The van der Waals surface area contributed by atoms with Gasteiger partial charge in [-0.05, 0) is 51.4 Å². The topological polar surface area (TPSA) is 50.4 Å². The van der Waals surface area contributed by atoms with E-state index in [0.717, 1.165) is 40.6 Å². The summed E-state index contributed by atoms with van der Waals surface area (Å²) in [6, 6.07) is 13.5. The molecular weight excluding hydrogens is 374 g/mol. The Morgan fingerprint density at radius 3 is 2.79 bits per heavy atom. The number of nitrogens with zero attached hydrogens (tertiary/aromatic N) is 2. The summed E-state index contributed by atoms with van der Waals surface area (Å²) in [6.45, 7) is 3.75. The first kappa shape index (κ1) is 18.6. The molecule has 0 aliphatic heterocycles. The minimum atomic E-state index is -0.281. The van der Waals surface area contributed by atoms with Gasteiger partial charge < -0.3 is 19.2 Å². The minimum absolute atomic E-state index is 0.281. The van der Waals surface area contributed by atoms with Crippen LogP contribution in [0.2, 0.25) is 5.02 Å². The number of aromatic nitrogens is 1. The summed E-state index contributed by atoms with van der Waals surface area (Å²) < 4.78 is 7.97. The molecule has 4 rings (SSSR count). The summed E-state index contributed by atoms with van der Waals surface area (Å²) in [5.41, 5.74) is 3.20. The molecule has 0 bridgehead atoms.